The Balaban J connectivity index is 2.24. The number of nitrogens with zero attached hydrogens (tertiary/aromatic N) is 1. The van der Waals surface area contributed by atoms with E-state index in [0.717, 1.165) is 44.2 Å². The van der Waals surface area contributed by atoms with Crippen molar-refractivity contribution in [1.29, 1.82) is 0 Å². The van der Waals surface area contributed by atoms with Crippen molar-refractivity contribution in [3.63, 3.8) is 0 Å². The molecule has 0 saturated carbocycles. The maximum absolute atomic E-state index is 12.1. The van der Waals surface area contributed by atoms with Crippen LogP contribution in [-0.4, -0.2) is 17.6 Å². The van der Waals surface area contributed by atoms with Gasteiger partial charge in [0, 0.05) is 12.7 Å². The van der Waals surface area contributed by atoms with Gasteiger partial charge in [-0.2, -0.15) is 0 Å². The van der Waals surface area contributed by atoms with Crippen LogP contribution in [0.1, 0.15) is 91.8 Å². The molecule has 32 heavy (non-hydrogen) atoms. The largest absolute Gasteiger partial charge is 0.335 e. The van der Waals surface area contributed by atoms with Crippen molar-refractivity contribution in [1.82, 2.24) is 15.6 Å². The van der Waals surface area contributed by atoms with Crippen LogP contribution in [0.15, 0.2) is 71.0 Å². The lowest BCUT2D eigenvalue weighted by Crippen LogP contribution is -2.37. The van der Waals surface area contributed by atoms with E-state index in [-0.39, 0.29) is 12.1 Å². The molecule has 0 aliphatic carbocycles. The van der Waals surface area contributed by atoms with Gasteiger partial charge < -0.3 is 10.6 Å². The molecule has 0 spiro atoms. The number of rotatable bonds is 13. The first-order chi connectivity index (χ1) is 15.3. The van der Waals surface area contributed by atoms with Gasteiger partial charge in [0.05, 0.1) is 11.7 Å². The normalized spacial score (nSPS) is 13.5. The highest BCUT2D eigenvalue weighted by molar-refractivity contribution is 5.74. The van der Waals surface area contributed by atoms with Crippen LogP contribution in [0.4, 0.5) is 4.79 Å². The third-order valence-corrected chi connectivity index (χ3v) is 5.35. The fourth-order valence-corrected chi connectivity index (χ4v) is 3.26. The Kier molecular flexibility index (Phi) is 13.8. The minimum Gasteiger partial charge on any atom is -0.335 e. The number of hydrogen-bond donors (Lipinski definition) is 2. The average Bonchev–Trinajstić information content (AvgIpc) is 2.74. The summed E-state index contributed by atoms with van der Waals surface area (Å²) in [6.45, 7) is 13.4. The standard InChI is InChI=1S/C28H43N3O/c1-22(2)12-9-13-23(3)14-10-15-24(4)16-11-17-25(5)19-21-30-28(32)31-26(6)27-18-7-8-20-29-27/h7-8,12,14,16,18-20,26H,9-11,13,15,17,21H2,1-6H3,(H2,30,31,32)/b23-14+,24-16+,25-19+. The molecule has 1 aromatic rings. The molecule has 2 amide bonds. The van der Waals surface area contributed by atoms with Gasteiger partial charge in [-0.05, 0) is 92.2 Å². The summed E-state index contributed by atoms with van der Waals surface area (Å²) >= 11 is 0. The minimum atomic E-state index is -0.174. The minimum absolute atomic E-state index is 0.120. The van der Waals surface area contributed by atoms with E-state index >= 15 is 0 Å². The Morgan fingerprint density at radius 1 is 0.875 bits per heavy atom. The number of carbonyl (C=O) groups is 1. The zero-order chi connectivity index (χ0) is 23.8. The summed E-state index contributed by atoms with van der Waals surface area (Å²) in [6.07, 6.45) is 17.5. The molecule has 0 fully saturated rings. The van der Waals surface area contributed by atoms with Crippen LogP contribution in [0.25, 0.3) is 0 Å². The molecule has 0 aliphatic rings. The first-order valence-corrected chi connectivity index (χ1v) is 11.8. The van der Waals surface area contributed by atoms with Crippen LogP contribution in [0.5, 0.6) is 0 Å². The van der Waals surface area contributed by atoms with Gasteiger partial charge in [-0.3, -0.25) is 4.98 Å². The highest BCUT2D eigenvalue weighted by Crippen LogP contribution is 2.13. The predicted molar refractivity (Wildman–Crippen MR) is 138 cm³/mol. The second-order valence-corrected chi connectivity index (χ2v) is 8.88. The van der Waals surface area contributed by atoms with Gasteiger partial charge in [-0.1, -0.05) is 52.7 Å². The molecule has 0 saturated heterocycles. The number of allylic oxidation sites excluding steroid dienone is 7. The molecule has 0 bridgehead atoms. The van der Waals surface area contributed by atoms with Crippen LogP contribution in [0.3, 0.4) is 0 Å². The fraction of sp³-hybridized carbons (Fsp3) is 0.500. The van der Waals surface area contributed by atoms with Crippen LogP contribution >= 0.6 is 0 Å². The number of amides is 2. The smallest absolute Gasteiger partial charge is 0.315 e. The lowest BCUT2D eigenvalue weighted by atomic mass is 10.0. The molecule has 1 unspecified atom stereocenters. The van der Waals surface area contributed by atoms with E-state index in [1.165, 1.54) is 22.3 Å². The highest BCUT2D eigenvalue weighted by atomic mass is 16.2. The Morgan fingerprint density at radius 3 is 1.97 bits per heavy atom. The van der Waals surface area contributed by atoms with E-state index in [1.807, 2.05) is 25.1 Å². The van der Waals surface area contributed by atoms with Crippen molar-refractivity contribution in [2.45, 2.75) is 86.1 Å². The second kappa shape index (κ2) is 16.1. The van der Waals surface area contributed by atoms with Crippen molar-refractivity contribution >= 4 is 6.03 Å². The third-order valence-electron chi connectivity index (χ3n) is 5.35. The topological polar surface area (TPSA) is 54.0 Å². The SMILES string of the molecule is CC(C)=CCC/C(C)=C/CC/C(C)=C/CC/C(C)=C/CNC(=O)NC(C)c1ccccn1. The first-order valence-electron chi connectivity index (χ1n) is 11.8. The lowest BCUT2D eigenvalue weighted by molar-refractivity contribution is 0.238. The van der Waals surface area contributed by atoms with Crippen molar-refractivity contribution < 1.29 is 4.79 Å². The van der Waals surface area contributed by atoms with Gasteiger partial charge in [0.2, 0.25) is 0 Å². The van der Waals surface area contributed by atoms with Crippen molar-refractivity contribution in [3.8, 4) is 0 Å². The molecule has 4 nitrogen and oxygen atoms in total. The lowest BCUT2D eigenvalue weighted by Gasteiger charge is -2.13. The Morgan fingerprint density at radius 2 is 1.44 bits per heavy atom. The van der Waals surface area contributed by atoms with Gasteiger partial charge in [-0.25, -0.2) is 4.79 Å². The Hall–Kier alpha value is -2.62. The second-order valence-electron chi connectivity index (χ2n) is 8.88. The van der Waals surface area contributed by atoms with Crippen LogP contribution in [-0.2, 0) is 0 Å². The molecule has 1 atom stereocenters. The van der Waals surface area contributed by atoms with Gasteiger partial charge >= 0.3 is 6.03 Å². The maximum Gasteiger partial charge on any atom is 0.315 e. The molecule has 1 aromatic heterocycles. The van der Waals surface area contributed by atoms with Crippen LogP contribution in [0.2, 0.25) is 0 Å². The maximum atomic E-state index is 12.1. The van der Waals surface area contributed by atoms with Crippen molar-refractivity contribution in [2.24, 2.45) is 0 Å². The highest BCUT2D eigenvalue weighted by Gasteiger charge is 2.08. The van der Waals surface area contributed by atoms with E-state index in [0.29, 0.717) is 6.54 Å². The molecule has 0 aromatic carbocycles. The van der Waals surface area contributed by atoms with E-state index in [2.05, 4.69) is 74.5 Å². The molecule has 1 heterocycles. The first kappa shape index (κ1) is 27.4. The molecule has 0 radical (unpaired) electrons. The monoisotopic (exact) mass is 437 g/mol. The zero-order valence-corrected chi connectivity index (χ0v) is 21.0. The van der Waals surface area contributed by atoms with Gasteiger partial charge in [0.25, 0.3) is 0 Å². The summed E-state index contributed by atoms with van der Waals surface area (Å²) < 4.78 is 0. The fourth-order valence-electron chi connectivity index (χ4n) is 3.26. The number of urea groups is 1. The van der Waals surface area contributed by atoms with Crippen LogP contribution in [0, 0.1) is 0 Å². The van der Waals surface area contributed by atoms with Gasteiger partial charge in [0.15, 0.2) is 0 Å². The molecular formula is C28H43N3O. The van der Waals surface area contributed by atoms with Crippen LogP contribution < -0.4 is 10.6 Å². The summed E-state index contributed by atoms with van der Waals surface area (Å²) in [7, 11) is 0. The van der Waals surface area contributed by atoms with Crippen molar-refractivity contribution in [3.05, 3.63) is 76.7 Å². The van der Waals surface area contributed by atoms with Gasteiger partial charge in [0.1, 0.15) is 0 Å². The predicted octanol–water partition coefficient (Wildman–Crippen LogP) is 7.59. The Labute approximate surface area is 196 Å². The van der Waals surface area contributed by atoms with E-state index in [1.54, 1.807) is 6.20 Å². The molecular weight excluding hydrogens is 394 g/mol. The summed E-state index contributed by atoms with van der Waals surface area (Å²) in [5.74, 6) is 0. The summed E-state index contributed by atoms with van der Waals surface area (Å²) in [5.41, 5.74) is 6.48. The molecule has 2 N–H and O–H groups in total. The average molecular weight is 438 g/mol. The number of aromatic nitrogens is 1. The molecule has 176 valence electrons. The number of hydrogen-bond acceptors (Lipinski definition) is 2. The molecule has 0 aliphatic heterocycles. The summed E-state index contributed by atoms with van der Waals surface area (Å²) in [4.78, 5) is 16.3. The van der Waals surface area contributed by atoms with Crippen molar-refractivity contribution in [2.75, 3.05) is 6.54 Å². The number of pyridine rings is 1. The van der Waals surface area contributed by atoms with Gasteiger partial charge in [-0.15, -0.1) is 0 Å². The molecule has 1 rings (SSSR count). The van der Waals surface area contributed by atoms with E-state index in [4.69, 9.17) is 0 Å². The molecule has 4 heteroatoms. The quantitative estimate of drug-likeness (QED) is 0.312. The summed E-state index contributed by atoms with van der Waals surface area (Å²) in [5, 5.41) is 5.81. The third kappa shape index (κ3) is 13.6. The summed E-state index contributed by atoms with van der Waals surface area (Å²) in [6, 6.07) is 5.41. The zero-order valence-electron chi connectivity index (χ0n) is 21.0. The number of nitrogens with one attached hydrogen (secondary N) is 2. The number of carbonyl (C=O) groups excluding carboxylic acids is 1. The van der Waals surface area contributed by atoms with E-state index < -0.39 is 0 Å². The van der Waals surface area contributed by atoms with E-state index in [9.17, 15) is 4.79 Å². The Bertz CT molecular complexity index is 799.